The van der Waals surface area contributed by atoms with Crippen molar-refractivity contribution in [1.29, 1.82) is 0 Å². The fourth-order valence-corrected chi connectivity index (χ4v) is 2.04. The SMILES string of the molecule is COc1cc(/C=C/B2OC(C)(C)C(C)(C)O2)cc(CN)n1. The van der Waals surface area contributed by atoms with Crippen LogP contribution in [0.3, 0.4) is 0 Å². The van der Waals surface area contributed by atoms with Crippen LogP contribution in [0, 0.1) is 0 Å². The van der Waals surface area contributed by atoms with Gasteiger partial charge in [-0.3, -0.25) is 0 Å². The minimum atomic E-state index is -0.365. The quantitative estimate of drug-likeness (QED) is 0.861. The fourth-order valence-electron chi connectivity index (χ4n) is 2.04. The zero-order chi connectivity index (χ0) is 15.7. The third-order valence-electron chi connectivity index (χ3n) is 4.01. The fraction of sp³-hybridized carbons (Fsp3) is 0.533. The van der Waals surface area contributed by atoms with Crippen molar-refractivity contribution in [3.8, 4) is 5.88 Å². The summed E-state index contributed by atoms with van der Waals surface area (Å²) >= 11 is 0. The van der Waals surface area contributed by atoms with E-state index in [4.69, 9.17) is 19.8 Å². The molecule has 1 aliphatic rings. The summed E-state index contributed by atoms with van der Waals surface area (Å²) in [5, 5.41) is 0. The second-order valence-corrected chi connectivity index (χ2v) is 6.12. The Labute approximate surface area is 126 Å². The molecule has 0 aromatic carbocycles. The van der Waals surface area contributed by atoms with Gasteiger partial charge in [-0.05, 0) is 39.3 Å². The number of pyridine rings is 1. The molecule has 21 heavy (non-hydrogen) atoms. The Balaban J connectivity index is 2.15. The summed E-state index contributed by atoms with van der Waals surface area (Å²) in [7, 11) is 1.22. The minimum Gasteiger partial charge on any atom is -0.481 e. The van der Waals surface area contributed by atoms with Gasteiger partial charge in [-0.2, -0.15) is 0 Å². The average molecular weight is 290 g/mol. The monoisotopic (exact) mass is 290 g/mol. The molecular weight excluding hydrogens is 267 g/mol. The van der Waals surface area contributed by atoms with Crippen molar-refractivity contribution in [2.75, 3.05) is 7.11 Å². The van der Waals surface area contributed by atoms with E-state index in [1.165, 1.54) is 0 Å². The van der Waals surface area contributed by atoms with E-state index in [0.29, 0.717) is 12.4 Å². The Kier molecular flexibility index (Phi) is 4.42. The lowest BCUT2D eigenvalue weighted by molar-refractivity contribution is 0.00578. The van der Waals surface area contributed by atoms with Gasteiger partial charge < -0.3 is 19.8 Å². The van der Waals surface area contributed by atoms with Crippen LogP contribution < -0.4 is 10.5 Å². The lowest BCUT2D eigenvalue weighted by Gasteiger charge is -2.32. The van der Waals surface area contributed by atoms with Crippen molar-refractivity contribution in [3.05, 3.63) is 29.4 Å². The molecule has 1 fully saturated rings. The molecule has 0 aliphatic carbocycles. The molecule has 114 valence electrons. The zero-order valence-electron chi connectivity index (χ0n) is 13.3. The van der Waals surface area contributed by atoms with E-state index in [1.54, 1.807) is 7.11 Å². The molecule has 0 spiro atoms. The van der Waals surface area contributed by atoms with E-state index >= 15 is 0 Å². The van der Waals surface area contributed by atoms with Gasteiger partial charge in [0.1, 0.15) is 0 Å². The largest absolute Gasteiger partial charge is 0.487 e. The molecule has 0 bridgehead atoms. The van der Waals surface area contributed by atoms with Crippen molar-refractivity contribution in [2.45, 2.75) is 45.4 Å². The second kappa shape index (κ2) is 5.79. The highest BCUT2D eigenvalue weighted by Crippen LogP contribution is 2.37. The molecule has 0 radical (unpaired) electrons. The van der Waals surface area contributed by atoms with Gasteiger partial charge in [0.2, 0.25) is 5.88 Å². The van der Waals surface area contributed by atoms with Gasteiger partial charge in [0, 0.05) is 12.6 Å². The first kappa shape index (κ1) is 16.0. The number of nitrogens with two attached hydrogens (primary N) is 1. The highest BCUT2D eigenvalue weighted by Gasteiger charge is 2.49. The van der Waals surface area contributed by atoms with Crippen molar-refractivity contribution in [3.63, 3.8) is 0 Å². The summed E-state index contributed by atoms with van der Waals surface area (Å²) in [6, 6.07) is 3.77. The number of ether oxygens (including phenoxy) is 1. The lowest BCUT2D eigenvalue weighted by Crippen LogP contribution is -2.41. The number of rotatable bonds is 4. The van der Waals surface area contributed by atoms with Crippen LogP contribution in [-0.4, -0.2) is 30.4 Å². The molecule has 1 saturated heterocycles. The Hall–Kier alpha value is -1.37. The number of hydrogen-bond acceptors (Lipinski definition) is 5. The van der Waals surface area contributed by atoms with E-state index in [9.17, 15) is 0 Å². The second-order valence-electron chi connectivity index (χ2n) is 6.12. The van der Waals surface area contributed by atoms with Crippen molar-refractivity contribution < 1.29 is 14.0 Å². The van der Waals surface area contributed by atoms with E-state index in [1.807, 2.05) is 51.9 Å². The molecule has 2 heterocycles. The molecule has 0 unspecified atom stereocenters. The van der Waals surface area contributed by atoms with Gasteiger partial charge >= 0.3 is 7.12 Å². The third-order valence-corrected chi connectivity index (χ3v) is 4.01. The van der Waals surface area contributed by atoms with E-state index in [0.717, 1.165) is 11.3 Å². The van der Waals surface area contributed by atoms with E-state index in [-0.39, 0.29) is 18.3 Å². The van der Waals surface area contributed by atoms with E-state index < -0.39 is 0 Å². The first-order valence-corrected chi connectivity index (χ1v) is 7.06. The predicted molar refractivity (Wildman–Crippen MR) is 83.8 cm³/mol. The normalized spacial score (nSPS) is 20.2. The van der Waals surface area contributed by atoms with Crippen LogP contribution in [0.2, 0.25) is 0 Å². The summed E-state index contributed by atoms with van der Waals surface area (Å²) in [6.45, 7) is 8.49. The maximum Gasteiger partial charge on any atom is 0.487 e. The highest BCUT2D eigenvalue weighted by atomic mass is 16.7. The molecule has 0 atom stereocenters. The van der Waals surface area contributed by atoms with Crippen molar-refractivity contribution >= 4 is 13.2 Å². The molecule has 1 aliphatic heterocycles. The molecule has 2 rings (SSSR count). The average Bonchev–Trinajstić information content (AvgIpc) is 2.64. The van der Waals surface area contributed by atoms with Crippen LogP contribution in [-0.2, 0) is 15.9 Å². The topological polar surface area (TPSA) is 66.6 Å². The Morgan fingerprint density at radius 2 is 1.86 bits per heavy atom. The third kappa shape index (κ3) is 3.45. The van der Waals surface area contributed by atoms with Gasteiger partial charge in [0.15, 0.2) is 0 Å². The summed E-state index contributed by atoms with van der Waals surface area (Å²) in [4.78, 5) is 4.25. The molecule has 2 N–H and O–H groups in total. The predicted octanol–water partition coefficient (Wildman–Crippen LogP) is 2.19. The van der Waals surface area contributed by atoms with Crippen LogP contribution in [0.4, 0.5) is 0 Å². The number of nitrogens with zero attached hydrogens (tertiary/aromatic N) is 1. The van der Waals surface area contributed by atoms with Crippen LogP contribution in [0.15, 0.2) is 18.1 Å². The molecule has 0 amide bonds. The van der Waals surface area contributed by atoms with Crippen LogP contribution >= 0.6 is 0 Å². The van der Waals surface area contributed by atoms with Gasteiger partial charge in [-0.1, -0.05) is 12.1 Å². The molecule has 1 aromatic heterocycles. The van der Waals surface area contributed by atoms with E-state index in [2.05, 4.69) is 4.98 Å². The van der Waals surface area contributed by atoms with Gasteiger partial charge in [0.05, 0.1) is 24.0 Å². The number of aromatic nitrogens is 1. The van der Waals surface area contributed by atoms with Crippen molar-refractivity contribution in [1.82, 2.24) is 4.98 Å². The lowest BCUT2D eigenvalue weighted by atomic mass is 9.89. The molecule has 5 nitrogen and oxygen atoms in total. The zero-order valence-corrected chi connectivity index (χ0v) is 13.3. The van der Waals surface area contributed by atoms with Gasteiger partial charge in [0.25, 0.3) is 0 Å². The first-order valence-electron chi connectivity index (χ1n) is 7.06. The number of methoxy groups -OCH3 is 1. The summed E-state index contributed by atoms with van der Waals surface area (Å²) in [5.74, 6) is 2.44. The van der Waals surface area contributed by atoms with Crippen LogP contribution in [0.25, 0.3) is 6.08 Å². The maximum atomic E-state index is 5.92. The Bertz CT molecular complexity index is 505. The Morgan fingerprint density at radius 3 is 2.38 bits per heavy atom. The van der Waals surface area contributed by atoms with Gasteiger partial charge in [-0.15, -0.1) is 0 Å². The summed E-state index contributed by atoms with van der Waals surface area (Å²) in [6.07, 6.45) is 1.94. The van der Waals surface area contributed by atoms with Gasteiger partial charge in [-0.25, -0.2) is 4.98 Å². The summed E-state index contributed by atoms with van der Waals surface area (Å²) < 4.78 is 17.0. The molecule has 0 saturated carbocycles. The maximum absolute atomic E-state index is 5.92. The number of hydrogen-bond donors (Lipinski definition) is 1. The molecule has 6 heteroatoms. The van der Waals surface area contributed by atoms with Crippen LogP contribution in [0.5, 0.6) is 5.88 Å². The smallest absolute Gasteiger partial charge is 0.481 e. The van der Waals surface area contributed by atoms with Crippen LogP contribution in [0.1, 0.15) is 39.0 Å². The van der Waals surface area contributed by atoms with Crippen molar-refractivity contribution in [2.24, 2.45) is 5.73 Å². The minimum absolute atomic E-state index is 0.333. The molecule has 1 aromatic rings. The Morgan fingerprint density at radius 1 is 1.24 bits per heavy atom. The summed E-state index contributed by atoms with van der Waals surface area (Å²) in [5.41, 5.74) is 6.71. The standard InChI is InChI=1S/C15H23BN2O3/c1-14(2)15(3,4)21-16(20-14)7-6-11-8-12(10-17)18-13(9-11)19-5/h6-9H,10,17H2,1-5H3/b7-6+. The highest BCUT2D eigenvalue weighted by molar-refractivity contribution is 6.52. The first-order chi connectivity index (χ1) is 9.77. The molecular formula is C15H23BN2O3.